The van der Waals surface area contributed by atoms with Crippen molar-refractivity contribution in [3.63, 3.8) is 0 Å². The lowest BCUT2D eigenvalue weighted by Crippen LogP contribution is -2.00. The van der Waals surface area contributed by atoms with Gasteiger partial charge in [0.2, 0.25) is 0 Å². The molecule has 2 nitrogen and oxygen atoms in total. The Morgan fingerprint density at radius 1 is 1.18 bits per heavy atom. The van der Waals surface area contributed by atoms with Gasteiger partial charge in [0.05, 0.1) is 0 Å². The molecule has 0 saturated carbocycles. The van der Waals surface area contributed by atoms with Gasteiger partial charge in [-0.15, -0.1) is 0 Å². The van der Waals surface area contributed by atoms with Crippen LogP contribution in [-0.4, -0.2) is 4.98 Å². The number of benzene rings is 1. The monoisotopic (exact) mass is 298 g/mol. The number of nitrogens with zero attached hydrogens (tertiary/aromatic N) is 1. The average molecular weight is 299 g/mol. The minimum Gasteiger partial charge on any atom is -0.335 e. The smallest absolute Gasteiger partial charge is 0.152 e. The van der Waals surface area contributed by atoms with Gasteiger partial charge in [0.25, 0.3) is 0 Å². The largest absolute Gasteiger partial charge is 0.335 e. The number of anilines is 2. The van der Waals surface area contributed by atoms with Crippen molar-refractivity contribution in [3.8, 4) is 0 Å². The fourth-order valence-corrected chi connectivity index (χ4v) is 1.72. The highest BCUT2D eigenvalue weighted by atomic mass is 79.9. The molecule has 5 heteroatoms. The Bertz CT molecular complexity index is 558. The second-order valence-electron chi connectivity index (χ2n) is 3.52. The SMILES string of the molecule is Cc1ccc(F)c(Nc2cccc(Br)n2)c1F. The van der Waals surface area contributed by atoms with Crippen molar-refractivity contribution in [1.29, 1.82) is 0 Å². The summed E-state index contributed by atoms with van der Waals surface area (Å²) in [5.74, 6) is -0.871. The van der Waals surface area contributed by atoms with Crippen LogP contribution in [0, 0.1) is 18.6 Å². The zero-order chi connectivity index (χ0) is 12.4. The molecule has 0 aliphatic rings. The van der Waals surface area contributed by atoms with Crippen LogP contribution < -0.4 is 5.32 Å². The van der Waals surface area contributed by atoms with Crippen molar-refractivity contribution < 1.29 is 8.78 Å². The molecule has 1 N–H and O–H groups in total. The maximum absolute atomic E-state index is 13.7. The van der Waals surface area contributed by atoms with Gasteiger partial charge in [0, 0.05) is 0 Å². The molecule has 0 unspecified atom stereocenters. The first kappa shape index (κ1) is 12.0. The zero-order valence-corrected chi connectivity index (χ0v) is 10.6. The molecule has 0 aliphatic heterocycles. The predicted molar refractivity (Wildman–Crippen MR) is 66.3 cm³/mol. The number of aryl methyl sites for hydroxylation is 1. The molecule has 0 aliphatic carbocycles. The van der Waals surface area contributed by atoms with Gasteiger partial charge in [-0.2, -0.15) is 0 Å². The Morgan fingerprint density at radius 2 is 1.94 bits per heavy atom. The summed E-state index contributed by atoms with van der Waals surface area (Å²) in [4.78, 5) is 4.05. The highest BCUT2D eigenvalue weighted by Crippen LogP contribution is 2.25. The van der Waals surface area contributed by atoms with Gasteiger partial charge in [-0.05, 0) is 46.6 Å². The van der Waals surface area contributed by atoms with Crippen LogP contribution in [0.1, 0.15) is 5.56 Å². The van der Waals surface area contributed by atoms with E-state index >= 15 is 0 Å². The first-order valence-corrected chi connectivity index (χ1v) is 5.71. The maximum Gasteiger partial charge on any atom is 0.152 e. The first-order chi connectivity index (χ1) is 8.08. The summed E-state index contributed by atoms with van der Waals surface area (Å²) in [5.41, 5.74) is 0.194. The summed E-state index contributed by atoms with van der Waals surface area (Å²) in [6.07, 6.45) is 0. The van der Waals surface area contributed by atoms with Crippen LogP contribution >= 0.6 is 15.9 Å². The Hall–Kier alpha value is -1.49. The van der Waals surface area contributed by atoms with E-state index in [0.717, 1.165) is 0 Å². The first-order valence-electron chi connectivity index (χ1n) is 4.92. The third-order valence-corrected chi connectivity index (χ3v) is 2.69. The van der Waals surface area contributed by atoms with Gasteiger partial charge in [0.1, 0.15) is 21.9 Å². The minimum atomic E-state index is -0.644. The number of nitrogens with one attached hydrogen (secondary N) is 1. The van der Waals surface area contributed by atoms with Crippen molar-refractivity contribution >= 4 is 27.4 Å². The van der Waals surface area contributed by atoms with E-state index in [1.54, 1.807) is 25.1 Å². The van der Waals surface area contributed by atoms with Crippen LogP contribution in [0.3, 0.4) is 0 Å². The number of pyridine rings is 1. The summed E-state index contributed by atoms with van der Waals surface area (Å²) in [5, 5.41) is 2.63. The molecule has 2 aromatic rings. The summed E-state index contributed by atoms with van der Waals surface area (Å²) < 4.78 is 27.8. The molecule has 0 radical (unpaired) electrons. The predicted octanol–water partition coefficient (Wildman–Crippen LogP) is 4.17. The van der Waals surface area contributed by atoms with E-state index in [4.69, 9.17) is 0 Å². The lowest BCUT2D eigenvalue weighted by molar-refractivity contribution is 0.584. The normalized spacial score (nSPS) is 10.4. The lowest BCUT2D eigenvalue weighted by Gasteiger charge is -2.09. The molecule has 88 valence electrons. The molecule has 0 saturated heterocycles. The van der Waals surface area contributed by atoms with E-state index in [1.165, 1.54) is 12.1 Å². The Kier molecular flexibility index (Phi) is 3.38. The number of hydrogen-bond acceptors (Lipinski definition) is 2. The quantitative estimate of drug-likeness (QED) is 0.842. The van der Waals surface area contributed by atoms with E-state index in [0.29, 0.717) is 16.0 Å². The third-order valence-electron chi connectivity index (χ3n) is 2.25. The average Bonchev–Trinajstić information content (AvgIpc) is 2.30. The van der Waals surface area contributed by atoms with Gasteiger partial charge in [-0.1, -0.05) is 12.1 Å². The second kappa shape index (κ2) is 4.79. The van der Waals surface area contributed by atoms with Crippen molar-refractivity contribution in [3.05, 3.63) is 52.1 Å². The van der Waals surface area contributed by atoms with Crippen LogP contribution in [0.4, 0.5) is 20.3 Å². The van der Waals surface area contributed by atoms with Gasteiger partial charge in [-0.25, -0.2) is 13.8 Å². The molecule has 0 amide bonds. The standard InChI is InChI=1S/C12H9BrF2N2/c1-7-5-6-8(14)12(11(7)15)17-10-4-2-3-9(13)16-10/h2-6H,1H3,(H,16,17). The van der Waals surface area contributed by atoms with Crippen molar-refractivity contribution in [2.75, 3.05) is 5.32 Å². The van der Waals surface area contributed by atoms with Crippen LogP contribution in [-0.2, 0) is 0 Å². The van der Waals surface area contributed by atoms with Crippen LogP contribution in [0.2, 0.25) is 0 Å². The second-order valence-corrected chi connectivity index (χ2v) is 4.34. The van der Waals surface area contributed by atoms with Crippen LogP contribution in [0.15, 0.2) is 34.9 Å². The van der Waals surface area contributed by atoms with Crippen molar-refractivity contribution in [2.24, 2.45) is 0 Å². The van der Waals surface area contributed by atoms with E-state index in [2.05, 4.69) is 26.2 Å². The maximum atomic E-state index is 13.7. The van der Waals surface area contributed by atoms with Gasteiger partial charge >= 0.3 is 0 Å². The topological polar surface area (TPSA) is 24.9 Å². The summed E-state index contributed by atoms with van der Waals surface area (Å²) in [6.45, 7) is 1.58. The summed E-state index contributed by atoms with van der Waals surface area (Å²) in [6, 6.07) is 7.70. The van der Waals surface area contributed by atoms with E-state index in [9.17, 15) is 8.78 Å². The molecule has 17 heavy (non-hydrogen) atoms. The van der Waals surface area contributed by atoms with Gasteiger partial charge in [0.15, 0.2) is 5.82 Å². The number of halogens is 3. The third kappa shape index (κ3) is 2.61. The van der Waals surface area contributed by atoms with E-state index < -0.39 is 11.6 Å². The van der Waals surface area contributed by atoms with Gasteiger partial charge < -0.3 is 5.32 Å². The lowest BCUT2D eigenvalue weighted by atomic mass is 10.2. The molecule has 0 atom stereocenters. The summed E-state index contributed by atoms with van der Waals surface area (Å²) >= 11 is 3.19. The Balaban J connectivity index is 2.39. The van der Waals surface area contributed by atoms with Crippen molar-refractivity contribution in [1.82, 2.24) is 4.98 Å². The highest BCUT2D eigenvalue weighted by molar-refractivity contribution is 9.10. The van der Waals surface area contributed by atoms with Crippen LogP contribution in [0.25, 0.3) is 0 Å². The molecule has 0 spiro atoms. The molecule has 1 aromatic carbocycles. The molecule has 1 heterocycles. The fraction of sp³-hybridized carbons (Fsp3) is 0.0833. The molecule has 2 rings (SSSR count). The Morgan fingerprint density at radius 3 is 2.65 bits per heavy atom. The van der Waals surface area contributed by atoms with E-state index in [1.807, 2.05) is 0 Å². The summed E-state index contributed by atoms with van der Waals surface area (Å²) in [7, 11) is 0. The number of hydrogen-bond donors (Lipinski definition) is 1. The molecular weight excluding hydrogens is 290 g/mol. The molecule has 1 aromatic heterocycles. The molecule has 0 fully saturated rings. The zero-order valence-electron chi connectivity index (χ0n) is 8.97. The number of aromatic nitrogens is 1. The molecule has 0 bridgehead atoms. The number of rotatable bonds is 2. The Labute approximate surface area is 106 Å². The minimum absolute atomic E-state index is 0.185. The fourth-order valence-electron chi connectivity index (χ4n) is 1.38. The van der Waals surface area contributed by atoms with Crippen molar-refractivity contribution in [2.45, 2.75) is 6.92 Å². The van der Waals surface area contributed by atoms with Gasteiger partial charge in [-0.3, -0.25) is 0 Å². The highest BCUT2D eigenvalue weighted by Gasteiger charge is 2.11. The molecular formula is C12H9BrF2N2. The van der Waals surface area contributed by atoms with Crippen LogP contribution in [0.5, 0.6) is 0 Å². The van der Waals surface area contributed by atoms with E-state index in [-0.39, 0.29) is 5.69 Å².